The predicted octanol–water partition coefficient (Wildman–Crippen LogP) is 3.97. The summed E-state index contributed by atoms with van der Waals surface area (Å²) in [6.07, 6.45) is 2.73. The molecule has 1 amide bonds. The average molecular weight is 423 g/mol. The Labute approximate surface area is 181 Å². The Bertz CT molecular complexity index is 1020. The van der Waals surface area contributed by atoms with Gasteiger partial charge in [0.1, 0.15) is 11.6 Å². The molecule has 0 bridgehead atoms. The van der Waals surface area contributed by atoms with Gasteiger partial charge in [-0.3, -0.25) is 4.79 Å². The molecule has 0 N–H and O–H groups in total. The van der Waals surface area contributed by atoms with E-state index in [2.05, 4.69) is 27.8 Å². The predicted molar refractivity (Wildman–Crippen MR) is 119 cm³/mol. The molecule has 4 rings (SSSR count). The topological polar surface area (TPSA) is 60.2 Å². The van der Waals surface area contributed by atoms with Crippen LogP contribution in [0.15, 0.2) is 53.7 Å². The minimum absolute atomic E-state index is 0.120. The summed E-state index contributed by atoms with van der Waals surface area (Å²) in [6, 6.07) is 16.2. The lowest BCUT2D eigenvalue weighted by atomic mass is 10.0. The van der Waals surface area contributed by atoms with Crippen molar-refractivity contribution >= 4 is 23.4 Å². The number of carbonyl (C=O) groups excluding carboxylic acids is 1. The molecule has 6 nitrogen and oxygen atoms in total. The number of aromatic nitrogens is 3. The lowest BCUT2D eigenvalue weighted by Gasteiger charge is -2.29. The van der Waals surface area contributed by atoms with Gasteiger partial charge in [-0.15, -0.1) is 10.2 Å². The van der Waals surface area contributed by atoms with Crippen LogP contribution in [0.3, 0.4) is 0 Å². The molecule has 2 heterocycles. The highest BCUT2D eigenvalue weighted by atomic mass is 32.2. The number of thioether (sulfide) groups is 1. The molecular formula is C23H26N4O2S. The van der Waals surface area contributed by atoms with Crippen molar-refractivity contribution in [3.05, 3.63) is 65.5 Å². The van der Waals surface area contributed by atoms with Crippen molar-refractivity contribution in [3.63, 3.8) is 0 Å². The number of hydrogen-bond acceptors (Lipinski definition) is 5. The van der Waals surface area contributed by atoms with Gasteiger partial charge in [-0.05, 0) is 49.1 Å². The Morgan fingerprint density at radius 3 is 2.70 bits per heavy atom. The number of benzene rings is 2. The minimum atomic E-state index is 0.120. The molecule has 0 saturated carbocycles. The van der Waals surface area contributed by atoms with Gasteiger partial charge in [0.25, 0.3) is 0 Å². The smallest absolute Gasteiger partial charge is 0.237 e. The number of carbonyl (C=O) groups is 1. The molecule has 2 aromatic carbocycles. The molecule has 3 aromatic rings. The van der Waals surface area contributed by atoms with Crippen molar-refractivity contribution in [2.24, 2.45) is 0 Å². The lowest BCUT2D eigenvalue weighted by molar-refractivity contribution is -0.116. The highest BCUT2D eigenvalue weighted by Crippen LogP contribution is 2.28. The monoisotopic (exact) mass is 422 g/mol. The quantitative estimate of drug-likeness (QED) is 0.539. The summed E-state index contributed by atoms with van der Waals surface area (Å²) in [5, 5.41) is 9.54. The van der Waals surface area contributed by atoms with Crippen LogP contribution in [0.25, 0.3) is 0 Å². The maximum absolute atomic E-state index is 12.9. The molecule has 0 spiro atoms. The fraction of sp³-hybridized carbons (Fsp3) is 0.348. The Morgan fingerprint density at radius 2 is 1.93 bits per heavy atom. The van der Waals surface area contributed by atoms with Gasteiger partial charge in [-0.2, -0.15) is 0 Å². The number of anilines is 1. The zero-order chi connectivity index (χ0) is 20.9. The molecule has 0 radical (unpaired) electrons. The summed E-state index contributed by atoms with van der Waals surface area (Å²) in [6.45, 7) is 3.62. The van der Waals surface area contributed by atoms with Gasteiger partial charge in [-0.25, -0.2) is 0 Å². The molecule has 156 valence electrons. The summed E-state index contributed by atoms with van der Waals surface area (Å²) in [5.41, 5.74) is 3.45. The number of ether oxygens (including phenoxy) is 1. The van der Waals surface area contributed by atoms with Crippen LogP contribution in [-0.2, 0) is 24.2 Å². The van der Waals surface area contributed by atoms with E-state index in [4.69, 9.17) is 4.74 Å². The van der Waals surface area contributed by atoms with Crippen molar-refractivity contribution in [1.29, 1.82) is 0 Å². The van der Waals surface area contributed by atoms with Crippen LogP contribution in [0, 0.1) is 0 Å². The normalized spacial score (nSPS) is 13.2. The van der Waals surface area contributed by atoms with Crippen LogP contribution in [0.2, 0.25) is 0 Å². The van der Waals surface area contributed by atoms with Crippen LogP contribution in [-0.4, -0.2) is 40.1 Å². The second kappa shape index (κ2) is 9.34. The van der Waals surface area contributed by atoms with Crippen LogP contribution in [0.1, 0.15) is 30.3 Å². The second-order valence-electron chi connectivity index (χ2n) is 7.23. The molecule has 0 atom stereocenters. The van der Waals surface area contributed by atoms with E-state index in [-0.39, 0.29) is 5.91 Å². The standard InChI is InChI=1S/C23H26N4O2S/c1-3-26-21(15-17-10-12-19(29-2)13-11-17)24-25-23(26)30-16-22(28)27-14-6-8-18-7-4-5-9-20(18)27/h4-5,7,9-13H,3,6,8,14-16H2,1-2H3. The van der Waals surface area contributed by atoms with Crippen molar-refractivity contribution in [1.82, 2.24) is 14.8 Å². The third-order valence-electron chi connectivity index (χ3n) is 5.37. The Balaban J connectivity index is 1.43. The lowest BCUT2D eigenvalue weighted by Crippen LogP contribution is -2.36. The fourth-order valence-electron chi connectivity index (χ4n) is 3.80. The van der Waals surface area contributed by atoms with E-state index in [0.717, 1.165) is 53.9 Å². The molecule has 1 aliphatic heterocycles. The van der Waals surface area contributed by atoms with E-state index in [1.165, 1.54) is 17.3 Å². The molecule has 1 aromatic heterocycles. The van der Waals surface area contributed by atoms with Crippen molar-refractivity contribution in [3.8, 4) is 5.75 Å². The number of rotatable bonds is 7. The maximum atomic E-state index is 12.9. The van der Waals surface area contributed by atoms with E-state index in [9.17, 15) is 4.79 Å². The molecular weight excluding hydrogens is 396 g/mol. The second-order valence-corrected chi connectivity index (χ2v) is 8.18. The largest absolute Gasteiger partial charge is 0.497 e. The fourth-order valence-corrected chi connectivity index (χ4v) is 4.69. The molecule has 7 heteroatoms. The number of nitrogens with zero attached hydrogens (tertiary/aromatic N) is 4. The van der Waals surface area contributed by atoms with Crippen LogP contribution in [0.4, 0.5) is 5.69 Å². The van der Waals surface area contributed by atoms with Gasteiger partial charge >= 0.3 is 0 Å². The summed E-state index contributed by atoms with van der Waals surface area (Å²) in [4.78, 5) is 14.8. The maximum Gasteiger partial charge on any atom is 0.237 e. The first-order valence-electron chi connectivity index (χ1n) is 10.3. The third-order valence-corrected chi connectivity index (χ3v) is 6.32. The Kier molecular flexibility index (Phi) is 6.38. The minimum Gasteiger partial charge on any atom is -0.497 e. The third kappa shape index (κ3) is 4.36. The number of methoxy groups -OCH3 is 1. The molecule has 0 fully saturated rings. The molecule has 0 saturated heterocycles. The SMILES string of the molecule is CCn1c(Cc2ccc(OC)cc2)nnc1SCC(=O)N1CCCc2ccccc21. The summed E-state index contributed by atoms with van der Waals surface area (Å²) in [5.74, 6) is 2.22. The van der Waals surface area contributed by atoms with E-state index >= 15 is 0 Å². The number of amides is 1. The van der Waals surface area contributed by atoms with Gasteiger partial charge in [0.05, 0.1) is 12.9 Å². The van der Waals surface area contributed by atoms with E-state index in [1.807, 2.05) is 47.4 Å². The summed E-state index contributed by atoms with van der Waals surface area (Å²) in [7, 11) is 1.66. The van der Waals surface area contributed by atoms with Gasteiger partial charge < -0.3 is 14.2 Å². The van der Waals surface area contributed by atoms with E-state index in [0.29, 0.717) is 12.2 Å². The molecule has 0 unspecified atom stereocenters. The number of aryl methyl sites for hydroxylation is 1. The van der Waals surface area contributed by atoms with Gasteiger partial charge in [0, 0.05) is 25.2 Å². The highest BCUT2D eigenvalue weighted by molar-refractivity contribution is 7.99. The zero-order valence-electron chi connectivity index (χ0n) is 17.4. The number of fused-ring (bicyclic) bond motifs is 1. The molecule has 30 heavy (non-hydrogen) atoms. The van der Waals surface area contributed by atoms with Gasteiger partial charge in [-0.1, -0.05) is 42.1 Å². The molecule has 0 aliphatic carbocycles. The van der Waals surface area contributed by atoms with E-state index < -0.39 is 0 Å². The Hall–Kier alpha value is -2.80. The van der Waals surface area contributed by atoms with Crippen LogP contribution >= 0.6 is 11.8 Å². The summed E-state index contributed by atoms with van der Waals surface area (Å²) < 4.78 is 7.31. The zero-order valence-corrected chi connectivity index (χ0v) is 18.2. The molecule has 1 aliphatic rings. The van der Waals surface area contributed by atoms with Crippen LogP contribution in [0.5, 0.6) is 5.75 Å². The van der Waals surface area contributed by atoms with Crippen molar-refractivity contribution in [2.45, 2.75) is 37.9 Å². The van der Waals surface area contributed by atoms with Gasteiger partial charge in [0.15, 0.2) is 5.16 Å². The first kappa shape index (κ1) is 20.5. The van der Waals surface area contributed by atoms with Gasteiger partial charge in [0.2, 0.25) is 5.91 Å². The number of hydrogen-bond donors (Lipinski definition) is 0. The first-order valence-corrected chi connectivity index (χ1v) is 11.2. The average Bonchev–Trinajstić information content (AvgIpc) is 3.18. The van der Waals surface area contributed by atoms with Crippen molar-refractivity contribution < 1.29 is 9.53 Å². The van der Waals surface area contributed by atoms with Crippen LogP contribution < -0.4 is 9.64 Å². The number of para-hydroxylation sites is 1. The Morgan fingerprint density at radius 1 is 1.13 bits per heavy atom. The van der Waals surface area contributed by atoms with E-state index in [1.54, 1.807) is 7.11 Å². The summed E-state index contributed by atoms with van der Waals surface area (Å²) >= 11 is 1.46. The van der Waals surface area contributed by atoms with Crippen molar-refractivity contribution in [2.75, 3.05) is 24.3 Å². The first-order chi connectivity index (χ1) is 14.7. The highest BCUT2D eigenvalue weighted by Gasteiger charge is 2.23.